The van der Waals surface area contributed by atoms with Gasteiger partial charge in [0.1, 0.15) is 5.69 Å². The third kappa shape index (κ3) is 5.58. The molecule has 0 fully saturated rings. The van der Waals surface area contributed by atoms with Gasteiger partial charge >= 0.3 is 6.18 Å². The van der Waals surface area contributed by atoms with E-state index in [-0.39, 0.29) is 17.9 Å². The zero-order valence-corrected chi connectivity index (χ0v) is 20.1. The first-order valence-electron chi connectivity index (χ1n) is 12.3. The van der Waals surface area contributed by atoms with E-state index in [1.807, 2.05) is 18.2 Å². The highest BCUT2D eigenvalue weighted by atomic mass is 19.4. The van der Waals surface area contributed by atoms with Crippen molar-refractivity contribution in [3.63, 3.8) is 0 Å². The summed E-state index contributed by atoms with van der Waals surface area (Å²) in [4.78, 5) is 29.8. The average Bonchev–Trinajstić information content (AvgIpc) is 3.30. The molecule has 1 aromatic heterocycles. The number of allylic oxidation sites excluding steroid dienone is 1. The van der Waals surface area contributed by atoms with Crippen molar-refractivity contribution >= 4 is 23.1 Å². The van der Waals surface area contributed by atoms with Crippen LogP contribution in [0.2, 0.25) is 0 Å². The summed E-state index contributed by atoms with van der Waals surface area (Å²) in [5.74, 6) is -0.445. The average molecular weight is 506 g/mol. The number of amides is 2. The van der Waals surface area contributed by atoms with E-state index in [2.05, 4.69) is 15.6 Å². The fourth-order valence-corrected chi connectivity index (χ4v) is 5.10. The lowest BCUT2D eigenvalue weighted by molar-refractivity contribution is -0.137. The highest BCUT2D eigenvalue weighted by molar-refractivity contribution is 6.09. The molecular formula is C29H26F3N3O2. The number of alkyl halides is 3. The molecule has 0 bridgehead atoms. The minimum atomic E-state index is -4.40. The molecule has 3 aromatic rings. The summed E-state index contributed by atoms with van der Waals surface area (Å²) in [7, 11) is 0. The van der Waals surface area contributed by atoms with Gasteiger partial charge in [0, 0.05) is 23.5 Å². The summed E-state index contributed by atoms with van der Waals surface area (Å²) in [5, 5.41) is 6.01. The summed E-state index contributed by atoms with van der Waals surface area (Å²) in [6.07, 6.45) is 1.50. The number of aromatic nitrogens is 1. The molecule has 5 rings (SSSR count). The second kappa shape index (κ2) is 10.2. The van der Waals surface area contributed by atoms with Crippen molar-refractivity contribution in [2.45, 2.75) is 50.7 Å². The van der Waals surface area contributed by atoms with Gasteiger partial charge in [-0.1, -0.05) is 24.3 Å². The van der Waals surface area contributed by atoms with Gasteiger partial charge in [-0.2, -0.15) is 13.2 Å². The molecule has 0 saturated heterocycles. The predicted octanol–water partition coefficient (Wildman–Crippen LogP) is 5.96. The van der Waals surface area contributed by atoms with Crippen LogP contribution in [-0.4, -0.2) is 22.8 Å². The van der Waals surface area contributed by atoms with Crippen molar-refractivity contribution in [2.75, 3.05) is 5.32 Å². The molecule has 1 unspecified atom stereocenters. The Morgan fingerprint density at radius 3 is 2.35 bits per heavy atom. The Hall–Kier alpha value is -3.94. The van der Waals surface area contributed by atoms with Gasteiger partial charge in [0.15, 0.2) is 0 Å². The van der Waals surface area contributed by atoms with E-state index in [4.69, 9.17) is 0 Å². The van der Waals surface area contributed by atoms with Gasteiger partial charge in [-0.3, -0.25) is 14.6 Å². The van der Waals surface area contributed by atoms with E-state index in [0.717, 1.165) is 41.7 Å². The van der Waals surface area contributed by atoms with Crippen molar-refractivity contribution in [3.8, 4) is 0 Å². The summed E-state index contributed by atoms with van der Waals surface area (Å²) in [6.45, 7) is 0. The highest BCUT2D eigenvalue weighted by Gasteiger charge is 2.30. The Bertz CT molecular complexity index is 1350. The van der Waals surface area contributed by atoms with E-state index >= 15 is 0 Å². The molecule has 1 atom stereocenters. The van der Waals surface area contributed by atoms with Crippen LogP contribution in [0.3, 0.4) is 0 Å². The van der Waals surface area contributed by atoms with Gasteiger partial charge < -0.3 is 10.6 Å². The topological polar surface area (TPSA) is 71.1 Å². The van der Waals surface area contributed by atoms with Crippen LogP contribution in [0.5, 0.6) is 0 Å². The number of hydrogen-bond acceptors (Lipinski definition) is 3. The Morgan fingerprint density at radius 2 is 1.62 bits per heavy atom. The lowest BCUT2D eigenvalue weighted by Crippen LogP contribution is -2.35. The van der Waals surface area contributed by atoms with Crippen LogP contribution < -0.4 is 10.6 Å². The Labute approximate surface area is 212 Å². The number of anilines is 1. The molecule has 2 amide bonds. The standard InChI is InChI=1S/C29H26F3N3O2/c30-29(31,32)21-11-8-18(9-12-21)24-5-1-2-6-25(24)27(36)34-22-13-10-19-15-23(17-20(19)16-22)35-28(37)26-7-3-4-14-33-26/h3-4,7-14,16,23H,1-2,5-6,15,17H2,(H,34,36)(H,35,37). The predicted molar refractivity (Wildman–Crippen MR) is 135 cm³/mol. The van der Waals surface area contributed by atoms with Crippen LogP contribution in [0.4, 0.5) is 18.9 Å². The molecule has 37 heavy (non-hydrogen) atoms. The van der Waals surface area contributed by atoms with E-state index in [9.17, 15) is 22.8 Å². The zero-order valence-electron chi connectivity index (χ0n) is 20.1. The second-order valence-electron chi connectivity index (χ2n) is 9.47. The number of pyridine rings is 1. The summed E-state index contributed by atoms with van der Waals surface area (Å²) >= 11 is 0. The Kier molecular flexibility index (Phi) is 6.82. The zero-order chi connectivity index (χ0) is 26.0. The first-order valence-corrected chi connectivity index (χ1v) is 12.3. The lowest BCUT2D eigenvalue weighted by Gasteiger charge is -2.21. The van der Waals surface area contributed by atoms with Gasteiger partial charge in [-0.25, -0.2) is 0 Å². The number of carbonyl (C=O) groups excluding carboxylic acids is 2. The maximum Gasteiger partial charge on any atom is 0.416 e. The molecule has 0 radical (unpaired) electrons. The highest BCUT2D eigenvalue weighted by Crippen LogP contribution is 2.36. The first kappa shape index (κ1) is 24.7. The fourth-order valence-electron chi connectivity index (χ4n) is 5.10. The molecule has 0 aliphatic heterocycles. The quantitative estimate of drug-likeness (QED) is 0.449. The van der Waals surface area contributed by atoms with Crippen LogP contribution >= 0.6 is 0 Å². The number of nitrogens with one attached hydrogen (secondary N) is 2. The van der Waals surface area contributed by atoms with E-state index in [1.165, 1.54) is 12.1 Å². The fraction of sp³-hybridized carbons (Fsp3) is 0.276. The van der Waals surface area contributed by atoms with E-state index < -0.39 is 11.7 Å². The number of hydrogen-bond donors (Lipinski definition) is 2. The maximum atomic E-state index is 13.2. The smallest absolute Gasteiger partial charge is 0.347 e. The molecule has 2 aromatic carbocycles. The van der Waals surface area contributed by atoms with E-state index in [0.29, 0.717) is 48.2 Å². The molecule has 2 aliphatic rings. The molecular weight excluding hydrogens is 479 g/mol. The molecule has 5 nitrogen and oxygen atoms in total. The Balaban J connectivity index is 1.28. The number of carbonyl (C=O) groups is 2. The number of nitrogens with zero attached hydrogens (tertiary/aromatic N) is 1. The summed E-state index contributed by atoms with van der Waals surface area (Å²) in [5.41, 5.74) is 4.57. The first-order chi connectivity index (χ1) is 17.8. The van der Waals surface area contributed by atoms with Crippen LogP contribution in [-0.2, 0) is 23.8 Å². The maximum absolute atomic E-state index is 13.2. The van der Waals surface area contributed by atoms with Crippen molar-refractivity contribution in [1.29, 1.82) is 0 Å². The number of rotatable bonds is 5. The molecule has 2 N–H and O–H groups in total. The van der Waals surface area contributed by atoms with Crippen LogP contribution in [0.15, 0.2) is 72.4 Å². The van der Waals surface area contributed by atoms with Gasteiger partial charge in [-0.05, 0) is 97.2 Å². The van der Waals surface area contributed by atoms with Gasteiger partial charge in [-0.15, -0.1) is 0 Å². The number of benzene rings is 2. The largest absolute Gasteiger partial charge is 0.416 e. The monoisotopic (exact) mass is 505 g/mol. The van der Waals surface area contributed by atoms with Gasteiger partial charge in [0.25, 0.3) is 11.8 Å². The SMILES string of the molecule is O=C(Nc1ccc2c(c1)CC(NC(=O)c1ccccn1)C2)C1=C(c2ccc(C(F)(F)F)cc2)CCCC1. The molecule has 1 heterocycles. The molecule has 8 heteroatoms. The van der Waals surface area contributed by atoms with Crippen molar-refractivity contribution in [3.05, 3.63) is 100 Å². The van der Waals surface area contributed by atoms with Gasteiger partial charge in [0.05, 0.1) is 5.56 Å². The van der Waals surface area contributed by atoms with Crippen molar-refractivity contribution in [1.82, 2.24) is 10.3 Å². The summed E-state index contributed by atoms with van der Waals surface area (Å²) < 4.78 is 38.9. The lowest BCUT2D eigenvalue weighted by atomic mass is 9.86. The third-order valence-electron chi connectivity index (χ3n) is 6.93. The van der Waals surface area contributed by atoms with Gasteiger partial charge in [0.2, 0.25) is 0 Å². The molecule has 0 saturated carbocycles. The van der Waals surface area contributed by atoms with Crippen LogP contribution in [0.25, 0.3) is 5.57 Å². The second-order valence-corrected chi connectivity index (χ2v) is 9.47. The molecule has 2 aliphatic carbocycles. The van der Waals surface area contributed by atoms with Crippen molar-refractivity contribution in [2.24, 2.45) is 0 Å². The summed E-state index contributed by atoms with van der Waals surface area (Å²) in [6, 6.07) is 15.9. The van der Waals surface area contributed by atoms with E-state index in [1.54, 1.807) is 24.4 Å². The number of halogens is 3. The minimum absolute atomic E-state index is 0.0530. The Morgan fingerprint density at radius 1 is 0.865 bits per heavy atom. The third-order valence-corrected chi connectivity index (χ3v) is 6.93. The van der Waals surface area contributed by atoms with Crippen LogP contribution in [0, 0.1) is 0 Å². The normalized spacial score (nSPS) is 17.3. The number of fused-ring (bicyclic) bond motifs is 1. The molecule has 0 spiro atoms. The van der Waals surface area contributed by atoms with Crippen molar-refractivity contribution < 1.29 is 22.8 Å². The minimum Gasteiger partial charge on any atom is -0.347 e. The van der Waals surface area contributed by atoms with Crippen LogP contribution in [0.1, 0.15) is 58.4 Å². The molecule has 190 valence electrons.